The molecule has 1 aromatic heterocycles. The number of anilines is 1. The van der Waals surface area contributed by atoms with Gasteiger partial charge in [0.1, 0.15) is 5.69 Å². The molecule has 1 amide bonds. The Morgan fingerprint density at radius 3 is 2.85 bits per heavy atom. The van der Waals surface area contributed by atoms with Gasteiger partial charge >= 0.3 is 0 Å². The van der Waals surface area contributed by atoms with Crippen LogP contribution < -0.4 is 10.9 Å². The molecule has 2 aromatic rings. The lowest BCUT2D eigenvalue weighted by molar-refractivity contribution is 0.102. The number of amides is 1. The predicted molar refractivity (Wildman–Crippen MR) is 74.7 cm³/mol. The molecule has 0 unspecified atom stereocenters. The Bertz CT molecular complexity index is 632. The average Bonchev–Trinajstić information content (AvgIpc) is 2.46. The van der Waals surface area contributed by atoms with Crippen molar-refractivity contribution in [1.82, 2.24) is 10.2 Å². The van der Waals surface area contributed by atoms with Gasteiger partial charge in [-0.3, -0.25) is 9.59 Å². The minimum atomic E-state index is -0.388. The fourth-order valence-corrected chi connectivity index (χ4v) is 1.75. The quantitative estimate of drug-likeness (QED) is 0.755. The van der Waals surface area contributed by atoms with Gasteiger partial charge in [0.15, 0.2) is 0 Å². The van der Waals surface area contributed by atoms with Crippen LogP contribution in [0.3, 0.4) is 0 Å². The first-order valence-corrected chi connectivity index (χ1v) is 6.26. The number of rotatable bonds is 5. The van der Waals surface area contributed by atoms with Crippen LogP contribution in [0.2, 0.25) is 0 Å². The molecule has 3 N–H and O–H groups in total. The van der Waals surface area contributed by atoms with Crippen LogP contribution in [0.4, 0.5) is 5.69 Å². The number of aryl methyl sites for hydroxylation is 1. The number of aromatic nitrogens is 2. The Morgan fingerprint density at radius 2 is 2.15 bits per heavy atom. The van der Waals surface area contributed by atoms with E-state index in [1.165, 1.54) is 12.1 Å². The molecule has 0 radical (unpaired) electrons. The van der Waals surface area contributed by atoms with Crippen molar-refractivity contribution in [2.45, 2.75) is 12.8 Å². The van der Waals surface area contributed by atoms with Crippen LogP contribution in [0.25, 0.3) is 0 Å². The SMILES string of the molecule is O=C(Nc1cccc(CCCO)c1)c1ccc(=O)[nH]n1. The van der Waals surface area contributed by atoms with Gasteiger partial charge in [0, 0.05) is 18.4 Å². The van der Waals surface area contributed by atoms with Crippen molar-refractivity contribution in [3.63, 3.8) is 0 Å². The highest BCUT2D eigenvalue weighted by atomic mass is 16.3. The predicted octanol–water partition coefficient (Wildman–Crippen LogP) is 0.947. The third-order valence-corrected chi connectivity index (χ3v) is 2.72. The molecule has 104 valence electrons. The number of benzene rings is 1. The first kappa shape index (κ1) is 14.0. The molecule has 0 aliphatic heterocycles. The van der Waals surface area contributed by atoms with Gasteiger partial charge in [-0.2, -0.15) is 5.10 Å². The van der Waals surface area contributed by atoms with Crippen LogP contribution >= 0.6 is 0 Å². The van der Waals surface area contributed by atoms with E-state index in [4.69, 9.17) is 5.11 Å². The van der Waals surface area contributed by atoms with Gasteiger partial charge in [0.2, 0.25) is 0 Å². The molecular formula is C14H15N3O3. The lowest BCUT2D eigenvalue weighted by atomic mass is 10.1. The van der Waals surface area contributed by atoms with Crippen molar-refractivity contribution in [2.75, 3.05) is 11.9 Å². The van der Waals surface area contributed by atoms with Crippen molar-refractivity contribution >= 4 is 11.6 Å². The molecule has 0 saturated heterocycles. The smallest absolute Gasteiger partial charge is 0.276 e. The number of aromatic amines is 1. The Kier molecular flexibility index (Phi) is 4.62. The second-order valence-corrected chi connectivity index (χ2v) is 4.29. The number of aliphatic hydroxyl groups is 1. The molecule has 1 aromatic carbocycles. The first-order valence-electron chi connectivity index (χ1n) is 6.26. The lowest BCUT2D eigenvalue weighted by Gasteiger charge is -2.06. The summed E-state index contributed by atoms with van der Waals surface area (Å²) < 4.78 is 0. The molecule has 1 heterocycles. The van der Waals surface area contributed by atoms with Gasteiger partial charge in [0.05, 0.1) is 0 Å². The van der Waals surface area contributed by atoms with Crippen LogP contribution in [-0.2, 0) is 6.42 Å². The summed E-state index contributed by atoms with van der Waals surface area (Å²) in [4.78, 5) is 22.8. The normalized spacial score (nSPS) is 10.2. The summed E-state index contributed by atoms with van der Waals surface area (Å²) in [6.07, 6.45) is 1.43. The minimum absolute atomic E-state index is 0.137. The van der Waals surface area contributed by atoms with E-state index in [1.54, 1.807) is 6.07 Å². The van der Waals surface area contributed by atoms with E-state index >= 15 is 0 Å². The van der Waals surface area contributed by atoms with Crippen molar-refractivity contribution < 1.29 is 9.90 Å². The number of carbonyl (C=O) groups excluding carboxylic acids is 1. The van der Waals surface area contributed by atoms with Crippen molar-refractivity contribution in [3.8, 4) is 0 Å². The van der Waals surface area contributed by atoms with Crippen LogP contribution in [0.5, 0.6) is 0 Å². The van der Waals surface area contributed by atoms with Gasteiger partial charge in [-0.25, -0.2) is 5.10 Å². The monoisotopic (exact) mass is 273 g/mol. The molecule has 6 heteroatoms. The Balaban J connectivity index is 2.07. The molecule has 0 saturated carbocycles. The van der Waals surface area contributed by atoms with E-state index < -0.39 is 0 Å². The number of carbonyl (C=O) groups is 1. The van der Waals surface area contributed by atoms with E-state index in [2.05, 4.69) is 15.5 Å². The molecule has 0 aliphatic carbocycles. The number of H-pyrrole nitrogens is 1. The van der Waals surface area contributed by atoms with E-state index in [9.17, 15) is 9.59 Å². The molecular weight excluding hydrogens is 258 g/mol. The van der Waals surface area contributed by atoms with Crippen molar-refractivity contribution in [3.05, 3.63) is 58.0 Å². The zero-order valence-electron chi connectivity index (χ0n) is 10.8. The highest BCUT2D eigenvalue weighted by molar-refractivity contribution is 6.02. The molecule has 2 rings (SSSR count). The summed E-state index contributed by atoms with van der Waals surface area (Å²) in [5.74, 6) is -0.388. The summed E-state index contributed by atoms with van der Waals surface area (Å²) in [6.45, 7) is 0.137. The first-order chi connectivity index (χ1) is 9.69. The Morgan fingerprint density at radius 1 is 1.30 bits per heavy atom. The largest absolute Gasteiger partial charge is 0.396 e. The maximum absolute atomic E-state index is 11.9. The fraction of sp³-hybridized carbons (Fsp3) is 0.214. The Hall–Kier alpha value is -2.47. The number of nitrogens with one attached hydrogen (secondary N) is 2. The maximum atomic E-state index is 11.9. The summed E-state index contributed by atoms with van der Waals surface area (Å²) in [5.41, 5.74) is 1.47. The van der Waals surface area contributed by atoms with Crippen LogP contribution in [0.15, 0.2) is 41.2 Å². The highest BCUT2D eigenvalue weighted by Crippen LogP contribution is 2.13. The number of hydrogen-bond acceptors (Lipinski definition) is 4. The fourth-order valence-electron chi connectivity index (χ4n) is 1.75. The maximum Gasteiger partial charge on any atom is 0.276 e. The third kappa shape index (κ3) is 3.76. The second kappa shape index (κ2) is 6.63. The molecule has 0 aliphatic rings. The minimum Gasteiger partial charge on any atom is -0.396 e. The average molecular weight is 273 g/mol. The molecule has 20 heavy (non-hydrogen) atoms. The summed E-state index contributed by atoms with van der Waals surface area (Å²) in [7, 11) is 0. The molecule has 6 nitrogen and oxygen atoms in total. The van der Waals surface area contributed by atoms with Gasteiger partial charge in [0.25, 0.3) is 11.5 Å². The topological polar surface area (TPSA) is 95.1 Å². The van der Waals surface area contributed by atoms with E-state index in [0.29, 0.717) is 12.1 Å². The summed E-state index contributed by atoms with van der Waals surface area (Å²) in [5, 5.41) is 17.4. The van der Waals surface area contributed by atoms with Crippen molar-refractivity contribution in [1.29, 1.82) is 0 Å². The molecule has 0 fully saturated rings. The van der Waals surface area contributed by atoms with Crippen LogP contribution in [0, 0.1) is 0 Å². The van der Waals surface area contributed by atoms with Gasteiger partial charge in [-0.15, -0.1) is 0 Å². The second-order valence-electron chi connectivity index (χ2n) is 4.29. The summed E-state index contributed by atoms with van der Waals surface area (Å²) >= 11 is 0. The third-order valence-electron chi connectivity index (χ3n) is 2.72. The van der Waals surface area contributed by atoms with Crippen molar-refractivity contribution in [2.24, 2.45) is 0 Å². The van der Waals surface area contributed by atoms with Crippen LogP contribution in [-0.4, -0.2) is 27.8 Å². The van der Waals surface area contributed by atoms with Gasteiger partial charge < -0.3 is 10.4 Å². The number of aliphatic hydroxyl groups excluding tert-OH is 1. The number of hydrogen-bond donors (Lipinski definition) is 3. The molecule has 0 bridgehead atoms. The zero-order chi connectivity index (χ0) is 14.4. The lowest BCUT2D eigenvalue weighted by Crippen LogP contribution is -2.17. The Labute approximate surface area is 115 Å². The molecule has 0 atom stereocenters. The van der Waals surface area contributed by atoms with Crippen LogP contribution in [0.1, 0.15) is 22.5 Å². The van der Waals surface area contributed by atoms with E-state index in [0.717, 1.165) is 12.0 Å². The van der Waals surface area contributed by atoms with E-state index in [-0.39, 0.29) is 23.8 Å². The standard InChI is InChI=1S/C14H15N3O3/c18-8-2-4-10-3-1-5-11(9-10)15-14(20)12-6-7-13(19)17-16-12/h1,3,5-7,9,18H,2,4,8H2,(H,15,20)(H,17,19). The zero-order valence-corrected chi connectivity index (χ0v) is 10.8. The highest BCUT2D eigenvalue weighted by Gasteiger charge is 2.07. The summed E-state index contributed by atoms with van der Waals surface area (Å²) in [6, 6.07) is 10.0. The van der Waals surface area contributed by atoms with Gasteiger partial charge in [-0.1, -0.05) is 12.1 Å². The van der Waals surface area contributed by atoms with Gasteiger partial charge in [-0.05, 0) is 36.6 Å². The number of nitrogens with zero attached hydrogens (tertiary/aromatic N) is 1. The molecule has 0 spiro atoms. The van der Waals surface area contributed by atoms with E-state index in [1.807, 2.05) is 18.2 Å².